The van der Waals surface area contributed by atoms with Crippen LogP contribution >= 0.6 is 0 Å². The molecule has 1 N–H and O–H groups in total. The van der Waals surface area contributed by atoms with Gasteiger partial charge in [-0.25, -0.2) is 9.97 Å². The van der Waals surface area contributed by atoms with Gasteiger partial charge in [-0.1, -0.05) is 0 Å². The molecule has 23 heavy (non-hydrogen) atoms. The van der Waals surface area contributed by atoms with Crippen molar-refractivity contribution in [2.24, 2.45) is 5.92 Å². The summed E-state index contributed by atoms with van der Waals surface area (Å²) in [6, 6.07) is 3.88. The molecule has 6 nitrogen and oxygen atoms in total. The fraction of sp³-hybridized carbons (Fsp3) is 0.412. The Hall–Kier alpha value is -2.34. The van der Waals surface area contributed by atoms with Crippen molar-refractivity contribution in [2.75, 3.05) is 13.1 Å². The van der Waals surface area contributed by atoms with Gasteiger partial charge in [0.15, 0.2) is 0 Å². The monoisotopic (exact) mass is 312 g/mol. The quantitative estimate of drug-likeness (QED) is 0.920. The third kappa shape index (κ3) is 3.22. The number of carbonyl (C=O) groups excluding carboxylic acids is 1. The second kappa shape index (κ2) is 6.42. The Bertz CT molecular complexity index is 685. The number of aliphatic hydroxyl groups is 1. The lowest BCUT2D eigenvalue weighted by atomic mass is 9.97. The Morgan fingerprint density at radius 3 is 2.52 bits per heavy atom. The highest BCUT2D eigenvalue weighted by Gasteiger charge is 2.35. The Kier molecular flexibility index (Phi) is 4.34. The summed E-state index contributed by atoms with van der Waals surface area (Å²) < 4.78 is 0. The minimum Gasteiger partial charge on any atom is -0.391 e. The summed E-state index contributed by atoms with van der Waals surface area (Å²) in [5.41, 5.74) is 3.02. The van der Waals surface area contributed by atoms with E-state index in [9.17, 15) is 9.90 Å². The molecule has 0 saturated carbocycles. The van der Waals surface area contributed by atoms with Gasteiger partial charge in [0.2, 0.25) is 0 Å². The summed E-state index contributed by atoms with van der Waals surface area (Å²) in [6.45, 7) is 4.50. The lowest BCUT2D eigenvalue weighted by Gasteiger charge is -2.18. The van der Waals surface area contributed by atoms with Crippen molar-refractivity contribution in [3.63, 3.8) is 0 Å². The van der Waals surface area contributed by atoms with Crippen LogP contribution in [-0.4, -0.2) is 50.1 Å². The van der Waals surface area contributed by atoms with Gasteiger partial charge in [0.25, 0.3) is 5.91 Å². The highest BCUT2D eigenvalue weighted by Crippen LogP contribution is 2.24. The van der Waals surface area contributed by atoms with Gasteiger partial charge < -0.3 is 10.0 Å². The molecule has 1 saturated heterocycles. The van der Waals surface area contributed by atoms with Gasteiger partial charge in [-0.2, -0.15) is 0 Å². The maximum atomic E-state index is 12.8. The first-order valence-corrected chi connectivity index (χ1v) is 7.70. The number of likely N-dealkylation sites (tertiary alicyclic amines) is 1. The Balaban J connectivity index is 1.74. The van der Waals surface area contributed by atoms with Crippen LogP contribution in [0.2, 0.25) is 0 Å². The average molecular weight is 312 g/mol. The van der Waals surface area contributed by atoms with E-state index >= 15 is 0 Å². The van der Waals surface area contributed by atoms with Crippen molar-refractivity contribution >= 4 is 5.91 Å². The lowest BCUT2D eigenvalue weighted by molar-refractivity contribution is 0.0762. The predicted octanol–water partition coefficient (Wildman–Crippen LogP) is 1.16. The predicted molar refractivity (Wildman–Crippen MR) is 84.8 cm³/mol. The van der Waals surface area contributed by atoms with Gasteiger partial charge in [-0.05, 0) is 38.0 Å². The Morgan fingerprint density at radius 2 is 1.87 bits per heavy atom. The van der Waals surface area contributed by atoms with Crippen LogP contribution in [0.3, 0.4) is 0 Å². The number of carbonyl (C=O) groups is 1. The minimum atomic E-state index is -0.516. The van der Waals surface area contributed by atoms with Crippen LogP contribution in [0, 0.1) is 19.8 Å². The van der Waals surface area contributed by atoms with E-state index in [1.807, 2.05) is 26.0 Å². The number of β-amino-alcohol motifs (C(OH)–C–C–N with tert-alkyl or cyclic N) is 1. The smallest absolute Gasteiger partial charge is 0.257 e. The molecule has 3 rings (SSSR count). The van der Waals surface area contributed by atoms with Gasteiger partial charge in [-0.15, -0.1) is 0 Å². The van der Waals surface area contributed by atoms with Crippen molar-refractivity contribution in [1.29, 1.82) is 0 Å². The average Bonchev–Trinajstić information content (AvgIpc) is 2.89. The number of aryl methyl sites for hydroxylation is 2. The largest absolute Gasteiger partial charge is 0.391 e. The maximum Gasteiger partial charge on any atom is 0.257 e. The summed E-state index contributed by atoms with van der Waals surface area (Å²) >= 11 is 0. The van der Waals surface area contributed by atoms with Crippen LogP contribution in [0.4, 0.5) is 0 Å². The second-order valence-electron chi connectivity index (χ2n) is 6.02. The van der Waals surface area contributed by atoms with E-state index < -0.39 is 6.10 Å². The number of amides is 1. The number of aliphatic hydroxyl groups excluding tert-OH is 1. The van der Waals surface area contributed by atoms with Gasteiger partial charge in [-0.3, -0.25) is 9.78 Å². The van der Waals surface area contributed by atoms with E-state index in [1.54, 1.807) is 17.3 Å². The zero-order valence-corrected chi connectivity index (χ0v) is 13.3. The summed E-state index contributed by atoms with van der Waals surface area (Å²) in [5, 5.41) is 10.3. The molecular weight excluding hydrogens is 292 g/mol. The van der Waals surface area contributed by atoms with Gasteiger partial charge >= 0.3 is 0 Å². The molecule has 6 heteroatoms. The molecule has 0 bridgehead atoms. The van der Waals surface area contributed by atoms with Crippen LogP contribution < -0.4 is 0 Å². The van der Waals surface area contributed by atoms with Crippen molar-refractivity contribution < 1.29 is 9.90 Å². The lowest BCUT2D eigenvalue weighted by Crippen LogP contribution is -2.31. The van der Waals surface area contributed by atoms with E-state index in [0.29, 0.717) is 30.0 Å². The standard InChI is InChI=1S/C17H20N4O2/c1-11-16(12(2)20-10-19-11)17(23)21-8-14(15(22)9-21)7-13-3-5-18-6-4-13/h3-6,10,14-15,22H,7-9H2,1-2H3/t14-,15-/m1/s1. The van der Waals surface area contributed by atoms with Gasteiger partial charge in [0.1, 0.15) is 6.33 Å². The van der Waals surface area contributed by atoms with Gasteiger partial charge in [0.05, 0.1) is 23.1 Å². The maximum absolute atomic E-state index is 12.8. The van der Waals surface area contributed by atoms with Crippen molar-refractivity contribution in [3.05, 3.63) is 53.4 Å². The topological polar surface area (TPSA) is 79.2 Å². The first kappa shape index (κ1) is 15.6. The molecule has 1 aliphatic rings. The molecule has 0 aliphatic carbocycles. The molecular formula is C17H20N4O2. The van der Waals surface area contributed by atoms with E-state index in [1.165, 1.54) is 6.33 Å². The third-order valence-electron chi connectivity index (χ3n) is 4.38. The fourth-order valence-electron chi connectivity index (χ4n) is 3.10. The Labute approximate surface area is 135 Å². The first-order valence-electron chi connectivity index (χ1n) is 7.70. The van der Waals surface area contributed by atoms with Crippen molar-refractivity contribution in [3.8, 4) is 0 Å². The van der Waals surface area contributed by atoms with E-state index in [-0.39, 0.29) is 11.8 Å². The normalized spacial score (nSPS) is 20.7. The molecule has 120 valence electrons. The zero-order valence-electron chi connectivity index (χ0n) is 13.3. The molecule has 1 amide bonds. The van der Waals surface area contributed by atoms with Crippen LogP contribution in [0.5, 0.6) is 0 Å². The molecule has 2 aromatic rings. The SMILES string of the molecule is Cc1ncnc(C)c1C(=O)N1C[C@@H](Cc2ccncc2)[C@H](O)C1. The molecule has 0 spiro atoms. The molecule has 1 aliphatic heterocycles. The number of pyridine rings is 1. The number of hydrogen-bond acceptors (Lipinski definition) is 5. The number of rotatable bonds is 3. The van der Waals surface area contributed by atoms with Crippen LogP contribution in [0.25, 0.3) is 0 Å². The van der Waals surface area contributed by atoms with E-state index in [4.69, 9.17) is 0 Å². The fourth-order valence-corrected chi connectivity index (χ4v) is 3.10. The highest BCUT2D eigenvalue weighted by atomic mass is 16.3. The molecule has 2 atom stereocenters. The second-order valence-corrected chi connectivity index (χ2v) is 6.02. The Morgan fingerprint density at radius 1 is 1.22 bits per heavy atom. The molecule has 0 aromatic carbocycles. The van der Waals surface area contributed by atoms with Crippen LogP contribution in [0.1, 0.15) is 27.3 Å². The number of aromatic nitrogens is 3. The van der Waals surface area contributed by atoms with E-state index in [2.05, 4.69) is 15.0 Å². The molecule has 1 fully saturated rings. The highest BCUT2D eigenvalue weighted by molar-refractivity contribution is 5.96. The van der Waals surface area contributed by atoms with Crippen molar-refractivity contribution in [1.82, 2.24) is 19.9 Å². The molecule has 2 aromatic heterocycles. The molecule has 0 radical (unpaired) electrons. The summed E-state index contributed by atoms with van der Waals surface area (Å²) in [7, 11) is 0. The third-order valence-corrected chi connectivity index (χ3v) is 4.38. The number of nitrogens with zero attached hydrogens (tertiary/aromatic N) is 4. The van der Waals surface area contributed by atoms with Gasteiger partial charge in [0, 0.05) is 31.4 Å². The number of hydrogen-bond donors (Lipinski definition) is 1. The molecule has 3 heterocycles. The van der Waals surface area contributed by atoms with Crippen LogP contribution in [0.15, 0.2) is 30.9 Å². The summed E-state index contributed by atoms with van der Waals surface area (Å²) in [5.74, 6) is -0.0662. The van der Waals surface area contributed by atoms with Crippen molar-refractivity contribution in [2.45, 2.75) is 26.4 Å². The minimum absolute atomic E-state index is 0.0339. The zero-order chi connectivity index (χ0) is 16.4. The first-order chi connectivity index (χ1) is 11.1. The molecule has 0 unspecified atom stereocenters. The van der Waals surface area contributed by atoms with E-state index in [0.717, 1.165) is 12.0 Å². The van der Waals surface area contributed by atoms with Crippen LogP contribution in [-0.2, 0) is 6.42 Å². The summed E-state index contributed by atoms with van der Waals surface area (Å²) in [4.78, 5) is 26.7. The summed E-state index contributed by atoms with van der Waals surface area (Å²) in [6.07, 6.45) is 5.17.